The van der Waals surface area contributed by atoms with Crippen molar-refractivity contribution in [3.8, 4) is 11.3 Å². The Kier molecular flexibility index (Phi) is 8.63. The predicted molar refractivity (Wildman–Crippen MR) is 157 cm³/mol. The molecule has 3 aromatic rings. The average Bonchev–Trinajstić information content (AvgIpc) is 2.88. The zero-order valence-electron chi connectivity index (χ0n) is 22.9. The van der Waals surface area contributed by atoms with Gasteiger partial charge in [-0.1, -0.05) is 50.2 Å². The summed E-state index contributed by atoms with van der Waals surface area (Å²) in [5, 5.41) is 9.83. The van der Waals surface area contributed by atoms with Crippen LogP contribution in [0.2, 0.25) is 5.02 Å². The van der Waals surface area contributed by atoms with Crippen LogP contribution in [0.25, 0.3) is 11.3 Å². The molecule has 4 rings (SSSR count). The lowest BCUT2D eigenvalue weighted by Crippen LogP contribution is -2.51. The Morgan fingerprint density at radius 1 is 1.20 bits per heavy atom. The number of rotatable bonds is 9. The summed E-state index contributed by atoms with van der Waals surface area (Å²) in [4.78, 5) is 17.8. The van der Waals surface area contributed by atoms with Gasteiger partial charge in [-0.25, -0.2) is 4.98 Å². The highest BCUT2D eigenvalue weighted by Crippen LogP contribution is 2.43. The van der Waals surface area contributed by atoms with Crippen molar-refractivity contribution in [3.05, 3.63) is 76.8 Å². The van der Waals surface area contributed by atoms with Crippen LogP contribution in [-0.2, 0) is 11.0 Å². The lowest BCUT2D eigenvalue weighted by atomic mass is 9.97. The Balaban J connectivity index is 1.78. The number of carbonyl (C=O) groups is 1. The maximum absolute atomic E-state index is 14.0. The number of anilines is 4. The van der Waals surface area contributed by atoms with Crippen molar-refractivity contribution in [2.75, 3.05) is 42.6 Å². The molecule has 1 saturated heterocycles. The first-order valence-electron chi connectivity index (χ1n) is 13.0. The highest BCUT2D eigenvalue weighted by Gasteiger charge is 2.35. The summed E-state index contributed by atoms with van der Waals surface area (Å²) in [5.41, 5.74) is 3.19. The summed E-state index contributed by atoms with van der Waals surface area (Å²) >= 11 is 6.66. The second-order valence-electron chi connectivity index (χ2n) is 10.2. The Labute approximate surface area is 237 Å². The molecular formula is C30H33ClF3N5O. The maximum atomic E-state index is 14.0. The van der Waals surface area contributed by atoms with Crippen molar-refractivity contribution >= 4 is 40.4 Å². The molecule has 1 fully saturated rings. The SMILES string of the molecule is C=CC(=O)N1CC(CNc2cc(Cl)c(-c3nc(NC)ccc3C(F)(F)F)cc2Nc2c(C)cccc2C(C)C)C1. The van der Waals surface area contributed by atoms with Gasteiger partial charge in [0.25, 0.3) is 0 Å². The molecule has 10 heteroatoms. The average molecular weight is 572 g/mol. The topological polar surface area (TPSA) is 69.3 Å². The third-order valence-electron chi connectivity index (χ3n) is 7.03. The number of amides is 1. The molecule has 0 saturated carbocycles. The van der Waals surface area contributed by atoms with Crippen LogP contribution in [0.3, 0.4) is 0 Å². The van der Waals surface area contributed by atoms with Crippen LogP contribution < -0.4 is 16.0 Å². The summed E-state index contributed by atoms with van der Waals surface area (Å²) in [6, 6.07) is 11.5. The van der Waals surface area contributed by atoms with Gasteiger partial charge in [0, 0.05) is 43.9 Å². The van der Waals surface area contributed by atoms with E-state index in [-0.39, 0.29) is 34.0 Å². The molecule has 0 atom stereocenters. The smallest absolute Gasteiger partial charge is 0.383 e. The fourth-order valence-electron chi connectivity index (χ4n) is 4.78. The molecule has 1 amide bonds. The molecule has 1 aliphatic rings. The van der Waals surface area contributed by atoms with Crippen LogP contribution in [0.4, 0.5) is 36.1 Å². The third-order valence-corrected chi connectivity index (χ3v) is 7.34. The van der Waals surface area contributed by atoms with Gasteiger partial charge in [-0.15, -0.1) is 0 Å². The lowest BCUT2D eigenvalue weighted by molar-refractivity contribution is -0.137. The molecule has 1 aromatic heterocycles. The lowest BCUT2D eigenvalue weighted by Gasteiger charge is -2.39. The van der Waals surface area contributed by atoms with E-state index in [4.69, 9.17) is 11.6 Å². The Morgan fingerprint density at radius 3 is 2.55 bits per heavy atom. The van der Waals surface area contributed by atoms with Crippen LogP contribution in [0, 0.1) is 12.8 Å². The molecule has 212 valence electrons. The summed E-state index contributed by atoms with van der Waals surface area (Å²) in [5.74, 6) is 0.606. The molecular weight excluding hydrogens is 539 g/mol. The second-order valence-corrected chi connectivity index (χ2v) is 10.6. The van der Waals surface area contributed by atoms with Gasteiger partial charge in [0.15, 0.2) is 0 Å². The minimum absolute atomic E-state index is 0.108. The van der Waals surface area contributed by atoms with Crippen LogP contribution in [0.1, 0.15) is 36.5 Å². The fourth-order valence-corrected chi connectivity index (χ4v) is 5.03. The van der Waals surface area contributed by atoms with E-state index in [1.165, 1.54) is 12.1 Å². The molecule has 2 aromatic carbocycles. The minimum Gasteiger partial charge on any atom is -0.383 e. The molecule has 0 spiro atoms. The molecule has 0 aliphatic carbocycles. The highest BCUT2D eigenvalue weighted by molar-refractivity contribution is 6.34. The van der Waals surface area contributed by atoms with E-state index in [1.807, 2.05) is 25.1 Å². The van der Waals surface area contributed by atoms with Gasteiger partial charge >= 0.3 is 6.18 Å². The molecule has 6 nitrogen and oxygen atoms in total. The van der Waals surface area contributed by atoms with Crippen molar-refractivity contribution in [2.24, 2.45) is 5.92 Å². The third kappa shape index (κ3) is 6.20. The zero-order chi connectivity index (χ0) is 29.2. The molecule has 0 radical (unpaired) electrons. The van der Waals surface area contributed by atoms with E-state index in [2.05, 4.69) is 41.4 Å². The normalized spacial score (nSPS) is 13.7. The van der Waals surface area contributed by atoms with Crippen LogP contribution in [0.5, 0.6) is 0 Å². The number of hydrogen-bond acceptors (Lipinski definition) is 5. The number of nitrogens with one attached hydrogen (secondary N) is 3. The van der Waals surface area contributed by atoms with Crippen LogP contribution in [0.15, 0.2) is 55.1 Å². The first-order chi connectivity index (χ1) is 18.9. The second kappa shape index (κ2) is 11.8. The number of aromatic nitrogens is 1. The Morgan fingerprint density at radius 2 is 1.93 bits per heavy atom. The number of halogens is 4. The number of pyridine rings is 1. The number of benzene rings is 2. The van der Waals surface area contributed by atoms with Gasteiger partial charge < -0.3 is 20.9 Å². The maximum Gasteiger partial charge on any atom is 0.418 e. The molecule has 3 N–H and O–H groups in total. The van der Waals surface area contributed by atoms with E-state index in [0.29, 0.717) is 36.8 Å². The number of carbonyl (C=O) groups excluding carboxylic acids is 1. The Bertz CT molecular complexity index is 1420. The number of alkyl halides is 3. The van der Waals surface area contributed by atoms with Crippen molar-refractivity contribution in [1.82, 2.24) is 9.88 Å². The summed E-state index contributed by atoms with van der Waals surface area (Å²) < 4.78 is 42.1. The molecule has 0 unspecified atom stereocenters. The van der Waals surface area contributed by atoms with E-state index in [1.54, 1.807) is 24.1 Å². The first-order valence-corrected chi connectivity index (χ1v) is 13.4. The standard InChI is InChI=1S/C30H33ClF3N5O/c1-6-27(40)39-15-19(16-39)14-36-24-13-23(31)21(29-22(30(32,33)34)10-11-26(35-5)38-29)12-25(24)37-28-18(4)8-7-9-20(28)17(2)3/h6-13,17,19,36-37H,1,14-16H2,2-5H3,(H,35,38). The van der Waals surface area contributed by atoms with Gasteiger partial charge in [0.1, 0.15) is 5.82 Å². The number of hydrogen-bond donors (Lipinski definition) is 3. The van der Waals surface area contributed by atoms with Gasteiger partial charge in [-0.3, -0.25) is 4.79 Å². The molecule has 0 bridgehead atoms. The largest absolute Gasteiger partial charge is 0.418 e. The summed E-state index contributed by atoms with van der Waals surface area (Å²) in [7, 11) is 1.59. The fraction of sp³-hybridized carbons (Fsp3) is 0.333. The van der Waals surface area contributed by atoms with Gasteiger partial charge in [0.05, 0.1) is 27.7 Å². The Hall–Kier alpha value is -3.72. The molecule has 40 heavy (non-hydrogen) atoms. The first kappa shape index (κ1) is 29.3. The van der Waals surface area contributed by atoms with Crippen molar-refractivity contribution < 1.29 is 18.0 Å². The highest BCUT2D eigenvalue weighted by atomic mass is 35.5. The van der Waals surface area contributed by atoms with Gasteiger partial charge in [-0.2, -0.15) is 13.2 Å². The minimum atomic E-state index is -4.62. The van der Waals surface area contributed by atoms with Crippen LogP contribution >= 0.6 is 11.6 Å². The summed E-state index contributed by atoms with van der Waals surface area (Å²) in [6.07, 6.45) is -3.33. The number of nitrogens with zero attached hydrogens (tertiary/aromatic N) is 2. The van der Waals surface area contributed by atoms with Gasteiger partial charge in [0.2, 0.25) is 5.91 Å². The zero-order valence-corrected chi connectivity index (χ0v) is 23.7. The van der Waals surface area contributed by atoms with Crippen LogP contribution in [-0.4, -0.2) is 42.5 Å². The number of likely N-dealkylation sites (tertiary alicyclic amines) is 1. The van der Waals surface area contributed by atoms with E-state index >= 15 is 0 Å². The number of aryl methyl sites for hydroxylation is 1. The summed E-state index contributed by atoms with van der Waals surface area (Å²) in [6.45, 7) is 11.4. The molecule has 2 heterocycles. The number of para-hydroxylation sites is 1. The van der Waals surface area contributed by atoms with Crippen molar-refractivity contribution in [1.29, 1.82) is 0 Å². The predicted octanol–water partition coefficient (Wildman–Crippen LogP) is 7.69. The van der Waals surface area contributed by atoms with E-state index in [9.17, 15) is 18.0 Å². The van der Waals surface area contributed by atoms with Gasteiger partial charge in [-0.05, 0) is 54.3 Å². The van der Waals surface area contributed by atoms with E-state index < -0.39 is 11.7 Å². The molecule has 1 aliphatic heterocycles. The monoisotopic (exact) mass is 571 g/mol. The quantitative estimate of drug-likeness (QED) is 0.230. The van der Waals surface area contributed by atoms with E-state index in [0.717, 1.165) is 22.9 Å². The van der Waals surface area contributed by atoms with Crippen molar-refractivity contribution in [2.45, 2.75) is 32.9 Å². The van der Waals surface area contributed by atoms with Crippen molar-refractivity contribution in [3.63, 3.8) is 0 Å².